The van der Waals surface area contributed by atoms with Crippen LogP contribution >= 0.6 is 0 Å². The van der Waals surface area contributed by atoms with Crippen molar-refractivity contribution in [1.29, 1.82) is 0 Å². The van der Waals surface area contributed by atoms with Crippen molar-refractivity contribution in [2.45, 2.75) is 6.18 Å². The van der Waals surface area contributed by atoms with Gasteiger partial charge < -0.3 is 14.6 Å². The number of nitrogens with one attached hydrogen (secondary N) is 1. The zero-order valence-corrected chi connectivity index (χ0v) is 14.2. The Balaban J connectivity index is 1.69. The third-order valence-corrected chi connectivity index (χ3v) is 3.94. The summed E-state index contributed by atoms with van der Waals surface area (Å²) in [7, 11) is 1.63. The number of ether oxygens (including phenoxy) is 1. The molecule has 1 aromatic heterocycles. The third kappa shape index (κ3) is 4.11. The van der Waals surface area contributed by atoms with E-state index in [9.17, 15) is 22.8 Å². The molecule has 3 rings (SSSR count). The van der Waals surface area contributed by atoms with Crippen LogP contribution in [0.3, 0.4) is 0 Å². The molecule has 1 N–H and O–H groups in total. The minimum Gasteiger partial charge on any atom is -0.483 e. The van der Waals surface area contributed by atoms with Gasteiger partial charge in [-0.25, -0.2) is 0 Å². The van der Waals surface area contributed by atoms with Gasteiger partial charge in [0.1, 0.15) is 5.75 Å². The van der Waals surface area contributed by atoms with Crippen molar-refractivity contribution < 1.29 is 22.7 Å². The number of amides is 1. The molecule has 8 heteroatoms. The molecule has 0 spiro atoms. The van der Waals surface area contributed by atoms with E-state index >= 15 is 0 Å². The zero-order chi connectivity index (χ0) is 19.6. The van der Waals surface area contributed by atoms with Crippen molar-refractivity contribution in [2.75, 3.05) is 11.9 Å². The van der Waals surface area contributed by atoms with Crippen LogP contribution in [0.2, 0.25) is 0 Å². The van der Waals surface area contributed by atoms with Gasteiger partial charge >= 0.3 is 6.18 Å². The van der Waals surface area contributed by atoms with Gasteiger partial charge in [-0.3, -0.25) is 9.59 Å². The number of fused-ring (bicyclic) bond motifs is 1. The number of nitrogens with zero attached hydrogens (tertiary/aromatic N) is 1. The normalized spacial score (nSPS) is 11.4. The summed E-state index contributed by atoms with van der Waals surface area (Å²) in [5, 5.41) is 3.49. The second-order valence-electron chi connectivity index (χ2n) is 5.86. The number of benzene rings is 2. The maximum atomic E-state index is 12.5. The summed E-state index contributed by atoms with van der Waals surface area (Å²) in [4.78, 5) is 24.1. The van der Waals surface area contributed by atoms with Crippen LogP contribution in [0.4, 0.5) is 18.9 Å². The number of anilines is 1. The Hall–Kier alpha value is -3.29. The maximum absolute atomic E-state index is 12.5. The molecule has 27 heavy (non-hydrogen) atoms. The number of aryl methyl sites for hydroxylation is 1. The Morgan fingerprint density at radius 2 is 1.78 bits per heavy atom. The Morgan fingerprint density at radius 1 is 1.07 bits per heavy atom. The predicted octanol–water partition coefficient (Wildman–Crippen LogP) is 3.57. The largest absolute Gasteiger partial charge is 0.483 e. The Bertz CT molecular complexity index is 1040. The summed E-state index contributed by atoms with van der Waals surface area (Å²) < 4.78 is 44.5. The van der Waals surface area contributed by atoms with Gasteiger partial charge in [0.05, 0.1) is 10.9 Å². The highest BCUT2D eigenvalue weighted by molar-refractivity contribution is 5.92. The number of hydrogen-bond donors (Lipinski definition) is 1. The van der Waals surface area contributed by atoms with Crippen molar-refractivity contribution >= 4 is 22.4 Å². The number of pyridine rings is 1. The Labute approximate surface area is 152 Å². The van der Waals surface area contributed by atoms with Crippen LogP contribution in [0.5, 0.6) is 5.75 Å². The molecule has 140 valence electrons. The molecule has 5 nitrogen and oxygen atoms in total. The van der Waals surface area contributed by atoms with Gasteiger partial charge in [0.15, 0.2) is 6.61 Å². The van der Waals surface area contributed by atoms with E-state index < -0.39 is 17.6 Å². The molecule has 1 heterocycles. The standard InChI is InChI=1S/C19H15F3N2O3/c1-24-10-9-14-15(18(24)26)3-2-4-16(14)27-11-17(25)23-13-7-5-12(6-8-13)19(20,21)22/h2-10H,11H2,1H3,(H,23,25). The molecule has 0 unspecified atom stereocenters. The average molecular weight is 376 g/mol. The number of aromatic nitrogens is 1. The average Bonchev–Trinajstić information content (AvgIpc) is 2.63. The quantitative estimate of drug-likeness (QED) is 0.757. The molecule has 2 aromatic carbocycles. The second kappa shape index (κ2) is 7.14. The topological polar surface area (TPSA) is 60.3 Å². The first-order valence-corrected chi connectivity index (χ1v) is 7.94. The van der Waals surface area contributed by atoms with Gasteiger partial charge in [0.25, 0.3) is 11.5 Å². The molecular weight excluding hydrogens is 361 g/mol. The smallest absolute Gasteiger partial charge is 0.416 e. The highest BCUT2D eigenvalue weighted by Gasteiger charge is 2.29. The van der Waals surface area contributed by atoms with Crippen molar-refractivity contribution in [1.82, 2.24) is 4.57 Å². The van der Waals surface area contributed by atoms with Gasteiger partial charge in [-0.05, 0) is 42.5 Å². The molecule has 0 saturated heterocycles. The highest BCUT2D eigenvalue weighted by Crippen LogP contribution is 2.29. The van der Waals surface area contributed by atoms with Gasteiger partial charge in [-0.15, -0.1) is 0 Å². The summed E-state index contributed by atoms with van der Waals surface area (Å²) in [6.45, 7) is -0.352. The molecule has 0 radical (unpaired) electrons. The van der Waals surface area contributed by atoms with E-state index in [1.165, 1.54) is 16.7 Å². The lowest BCUT2D eigenvalue weighted by Crippen LogP contribution is -2.21. The Kier molecular flexibility index (Phi) is 4.89. The van der Waals surface area contributed by atoms with E-state index in [4.69, 9.17) is 4.74 Å². The first kappa shape index (κ1) is 18.5. The SMILES string of the molecule is Cn1ccc2c(OCC(=O)Nc3ccc(C(F)(F)F)cc3)cccc2c1=O. The number of rotatable bonds is 4. The van der Waals surface area contributed by atoms with E-state index in [-0.39, 0.29) is 17.9 Å². The van der Waals surface area contributed by atoms with Gasteiger partial charge in [-0.2, -0.15) is 13.2 Å². The first-order chi connectivity index (χ1) is 12.8. The van der Waals surface area contributed by atoms with Crippen molar-refractivity contribution in [3.05, 3.63) is 70.6 Å². The monoisotopic (exact) mass is 376 g/mol. The van der Waals surface area contributed by atoms with Crippen LogP contribution in [0.25, 0.3) is 10.8 Å². The van der Waals surface area contributed by atoms with Crippen LogP contribution in [0.1, 0.15) is 5.56 Å². The van der Waals surface area contributed by atoms with E-state index in [1.54, 1.807) is 37.5 Å². The van der Waals surface area contributed by atoms with E-state index in [0.29, 0.717) is 16.5 Å². The molecule has 0 aliphatic heterocycles. The van der Waals surface area contributed by atoms with Crippen molar-refractivity contribution in [2.24, 2.45) is 7.05 Å². The molecular formula is C19H15F3N2O3. The molecule has 0 aliphatic carbocycles. The molecule has 3 aromatic rings. The number of halogens is 3. The summed E-state index contributed by atoms with van der Waals surface area (Å²) in [5.74, 6) is -0.164. The van der Waals surface area contributed by atoms with Gasteiger partial charge in [0, 0.05) is 24.3 Å². The number of carbonyl (C=O) groups excluding carboxylic acids is 1. The van der Waals surface area contributed by atoms with E-state index in [0.717, 1.165) is 12.1 Å². The zero-order valence-electron chi connectivity index (χ0n) is 14.2. The number of carbonyl (C=O) groups is 1. The van der Waals surface area contributed by atoms with Crippen LogP contribution in [-0.4, -0.2) is 17.1 Å². The van der Waals surface area contributed by atoms with Crippen LogP contribution in [0.15, 0.2) is 59.5 Å². The second-order valence-corrected chi connectivity index (χ2v) is 5.86. The lowest BCUT2D eigenvalue weighted by atomic mass is 10.1. The van der Waals surface area contributed by atoms with Crippen molar-refractivity contribution in [3.8, 4) is 5.75 Å². The molecule has 1 amide bonds. The van der Waals surface area contributed by atoms with E-state index in [2.05, 4.69) is 5.32 Å². The third-order valence-electron chi connectivity index (χ3n) is 3.94. The minimum absolute atomic E-state index is 0.188. The summed E-state index contributed by atoms with van der Waals surface area (Å²) >= 11 is 0. The van der Waals surface area contributed by atoms with Crippen LogP contribution in [0, 0.1) is 0 Å². The fraction of sp³-hybridized carbons (Fsp3) is 0.158. The Morgan fingerprint density at radius 3 is 2.44 bits per heavy atom. The van der Waals surface area contributed by atoms with Crippen LogP contribution < -0.4 is 15.6 Å². The number of hydrogen-bond acceptors (Lipinski definition) is 3. The fourth-order valence-electron chi connectivity index (χ4n) is 2.56. The highest BCUT2D eigenvalue weighted by atomic mass is 19.4. The minimum atomic E-state index is -4.43. The maximum Gasteiger partial charge on any atom is 0.416 e. The summed E-state index contributed by atoms with van der Waals surface area (Å²) in [6, 6.07) is 10.8. The predicted molar refractivity (Wildman–Crippen MR) is 94.8 cm³/mol. The molecule has 0 fully saturated rings. The van der Waals surface area contributed by atoms with E-state index in [1.807, 2.05) is 0 Å². The van der Waals surface area contributed by atoms with Crippen LogP contribution in [-0.2, 0) is 18.0 Å². The molecule has 0 atom stereocenters. The first-order valence-electron chi connectivity index (χ1n) is 7.94. The summed E-state index contributed by atoms with van der Waals surface area (Å²) in [5.41, 5.74) is -0.760. The van der Waals surface area contributed by atoms with Crippen molar-refractivity contribution in [3.63, 3.8) is 0 Å². The lowest BCUT2D eigenvalue weighted by Gasteiger charge is -2.11. The fourth-order valence-corrected chi connectivity index (χ4v) is 2.56. The molecule has 0 aliphatic rings. The van der Waals surface area contributed by atoms with Gasteiger partial charge in [-0.1, -0.05) is 6.07 Å². The molecule has 0 saturated carbocycles. The number of alkyl halides is 3. The lowest BCUT2D eigenvalue weighted by molar-refractivity contribution is -0.137. The van der Waals surface area contributed by atoms with Gasteiger partial charge in [0.2, 0.25) is 0 Å². The molecule has 0 bridgehead atoms. The summed E-state index contributed by atoms with van der Waals surface area (Å²) in [6.07, 6.45) is -2.84.